The molecule has 0 spiro atoms. The van der Waals surface area contributed by atoms with Crippen LogP contribution in [0.3, 0.4) is 0 Å². The van der Waals surface area contributed by atoms with Gasteiger partial charge in [-0.1, -0.05) is 86.6 Å². The number of hydrogen-bond acceptors (Lipinski definition) is 5. The Hall–Kier alpha value is -5.16. The molecule has 5 heteroatoms. The maximum Gasteiger partial charge on any atom is 0.182 e. The second-order valence-electron chi connectivity index (χ2n) is 10.7. The average Bonchev–Trinajstić information content (AvgIpc) is 3.48. The van der Waals surface area contributed by atoms with E-state index in [0.717, 1.165) is 44.2 Å². The molecule has 0 saturated carbocycles. The van der Waals surface area contributed by atoms with Crippen molar-refractivity contribution in [2.45, 2.75) is 19.3 Å². The number of rotatable bonds is 3. The molecular formula is C35H24N4O. The lowest BCUT2D eigenvalue weighted by Gasteiger charge is -2.21. The molecule has 0 N–H and O–H groups in total. The fourth-order valence-corrected chi connectivity index (χ4v) is 6.01. The van der Waals surface area contributed by atoms with Crippen LogP contribution < -0.4 is 0 Å². The van der Waals surface area contributed by atoms with Crippen LogP contribution in [0, 0.1) is 0 Å². The van der Waals surface area contributed by atoms with Crippen LogP contribution in [-0.2, 0) is 5.41 Å². The molecular weight excluding hydrogens is 492 g/mol. The fraction of sp³-hybridized carbons (Fsp3) is 0.0857. The highest BCUT2D eigenvalue weighted by molar-refractivity contribution is 6.08. The van der Waals surface area contributed by atoms with Gasteiger partial charge in [-0.05, 0) is 52.6 Å². The molecule has 0 aliphatic heterocycles. The molecule has 0 saturated heterocycles. The number of aromatic nitrogens is 4. The summed E-state index contributed by atoms with van der Waals surface area (Å²) < 4.78 is 6.31. The Morgan fingerprint density at radius 3 is 2.20 bits per heavy atom. The zero-order valence-electron chi connectivity index (χ0n) is 22.1. The number of benzene rings is 4. The van der Waals surface area contributed by atoms with Crippen LogP contribution in [0.5, 0.6) is 0 Å². The summed E-state index contributed by atoms with van der Waals surface area (Å²) in [6.45, 7) is 4.58. The highest BCUT2D eigenvalue weighted by Gasteiger charge is 2.38. The number of pyridine rings is 1. The summed E-state index contributed by atoms with van der Waals surface area (Å²) in [4.78, 5) is 19.4. The molecule has 0 amide bonds. The van der Waals surface area contributed by atoms with Crippen molar-refractivity contribution in [3.8, 4) is 45.4 Å². The molecule has 1 aliphatic carbocycles. The van der Waals surface area contributed by atoms with E-state index in [9.17, 15) is 0 Å². The third kappa shape index (κ3) is 3.34. The Balaban J connectivity index is 1.40. The van der Waals surface area contributed by atoms with Gasteiger partial charge < -0.3 is 4.42 Å². The van der Waals surface area contributed by atoms with Gasteiger partial charge in [0.25, 0.3) is 0 Å². The normalized spacial score (nSPS) is 13.4. The quantitative estimate of drug-likeness (QED) is 0.236. The molecule has 190 valence electrons. The van der Waals surface area contributed by atoms with Gasteiger partial charge in [-0.3, -0.25) is 4.98 Å². The Labute approximate surface area is 231 Å². The summed E-state index contributed by atoms with van der Waals surface area (Å²) in [7, 11) is 0. The lowest BCUT2D eigenvalue weighted by molar-refractivity contribution is 0.658. The number of para-hydroxylation sites is 1. The molecule has 3 heterocycles. The second kappa shape index (κ2) is 8.42. The van der Waals surface area contributed by atoms with Crippen LogP contribution in [-0.4, -0.2) is 19.9 Å². The molecule has 5 nitrogen and oxygen atoms in total. The van der Waals surface area contributed by atoms with E-state index in [4.69, 9.17) is 19.4 Å². The van der Waals surface area contributed by atoms with Crippen molar-refractivity contribution >= 4 is 21.9 Å². The maximum atomic E-state index is 6.31. The minimum Gasteiger partial charge on any atom is -0.456 e. The Morgan fingerprint density at radius 2 is 1.35 bits per heavy atom. The average molecular weight is 517 g/mol. The molecule has 4 aromatic carbocycles. The highest BCUT2D eigenvalue weighted by Crippen LogP contribution is 2.53. The first-order valence-corrected chi connectivity index (χ1v) is 13.4. The van der Waals surface area contributed by atoms with Gasteiger partial charge in [0.1, 0.15) is 16.9 Å². The van der Waals surface area contributed by atoms with Gasteiger partial charge in [0.2, 0.25) is 0 Å². The van der Waals surface area contributed by atoms with E-state index in [1.54, 1.807) is 6.20 Å². The standard InChI is InChI=1S/C35H24N4O/c1-35(2)26-15-10-14-23(31(26)25-20-30-24(19-27(25)35)22-13-6-7-17-29(22)40-30)33-37-32(21-11-4-3-5-12-21)38-34(39-33)28-16-8-9-18-36-28/h3-20H,1-2H3. The van der Waals surface area contributed by atoms with Crippen molar-refractivity contribution in [1.29, 1.82) is 0 Å². The van der Waals surface area contributed by atoms with Gasteiger partial charge in [0, 0.05) is 33.5 Å². The molecule has 1 aliphatic rings. The van der Waals surface area contributed by atoms with Crippen molar-refractivity contribution < 1.29 is 4.42 Å². The van der Waals surface area contributed by atoms with Crippen LogP contribution in [0.1, 0.15) is 25.0 Å². The minimum atomic E-state index is -0.202. The Morgan fingerprint density at radius 1 is 0.575 bits per heavy atom. The lowest BCUT2D eigenvalue weighted by Crippen LogP contribution is -2.14. The summed E-state index contributed by atoms with van der Waals surface area (Å²) in [5, 5.41) is 2.28. The molecule has 0 unspecified atom stereocenters. The van der Waals surface area contributed by atoms with E-state index in [1.807, 2.05) is 60.7 Å². The molecule has 7 aromatic rings. The van der Waals surface area contributed by atoms with Crippen LogP contribution in [0.25, 0.3) is 67.4 Å². The first-order valence-electron chi connectivity index (χ1n) is 13.4. The Kier molecular flexibility index (Phi) is 4.80. The van der Waals surface area contributed by atoms with E-state index in [2.05, 4.69) is 61.3 Å². The summed E-state index contributed by atoms with van der Waals surface area (Å²) >= 11 is 0. The monoisotopic (exact) mass is 516 g/mol. The van der Waals surface area contributed by atoms with Gasteiger partial charge in [-0.2, -0.15) is 0 Å². The van der Waals surface area contributed by atoms with Crippen molar-refractivity contribution in [1.82, 2.24) is 19.9 Å². The number of fused-ring (bicyclic) bond motifs is 6. The van der Waals surface area contributed by atoms with Gasteiger partial charge in [-0.15, -0.1) is 0 Å². The summed E-state index contributed by atoms with van der Waals surface area (Å²) in [6, 6.07) is 35.0. The largest absolute Gasteiger partial charge is 0.456 e. The molecule has 40 heavy (non-hydrogen) atoms. The Bertz CT molecular complexity index is 2020. The zero-order valence-corrected chi connectivity index (χ0v) is 22.1. The second-order valence-corrected chi connectivity index (χ2v) is 10.7. The number of hydrogen-bond donors (Lipinski definition) is 0. The van der Waals surface area contributed by atoms with E-state index >= 15 is 0 Å². The van der Waals surface area contributed by atoms with Gasteiger partial charge in [0.15, 0.2) is 17.5 Å². The van der Waals surface area contributed by atoms with Gasteiger partial charge in [-0.25, -0.2) is 15.0 Å². The van der Waals surface area contributed by atoms with Crippen LogP contribution in [0.2, 0.25) is 0 Å². The van der Waals surface area contributed by atoms with Crippen molar-refractivity contribution in [3.63, 3.8) is 0 Å². The van der Waals surface area contributed by atoms with Crippen LogP contribution in [0.15, 0.2) is 114 Å². The highest BCUT2D eigenvalue weighted by atomic mass is 16.3. The predicted molar refractivity (Wildman–Crippen MR) is 159 cm³/mol. The smallest absolute Gasteiger partial charge is 0.182 e. The third-order valence-corrected chi connectivity index (χ3v) is 8.00. The third-order valence-electron chi connectivity index (χ3n) is 8.00. The first kappa shape index (κ1) is 22.8. The van der Waals surface area contributed by atoms with E-state index < -0.39 is 0 Å². The van der Waals surface area contributed by atoms with Gasteiger partial charge in [0.05, 0.1) is 0 Å². The molecule has 3 aromatic heterocycles. The van der Waals surface area contributed by atoms with Crippen LogP contribution in [0.4, 0.5) is 0 Å². The summed E-state index contributed by atoms with van der Waals surface area (Å²) in [5.41, 5.74) is 9.01. The zero-order chi connectivity index (χ0) is 26.8. The summed E-state index contributed by atoms with van der Waals surface area (Å²) in [6.07, 6.45) is 1.76. The summed E-state index contributed by atoms with van der Waals surface area (Å²) in [5.74, 6) is 1.79. The number of furan rings is 1. The molecule has 0 radical (unpaired) electrons. The van der Waals surface area contributed by atoms with E-state index in [1.165, 1.54) is 11.1 Å². The van der Waals surface area contributed by atoms with Gasteiger partial charge >= 0.3 is 0 Å². The maximum absolute atomic E-state index is 6.31. The van der Waals surface area contributed by atoms with E-state index in [-0.39, 0.29) is 5.41 Å². The lowest BCUT2D eigenvalue weighted by atomic mass is 9.82. The van der Waals surface area contributed by atoms with Crippen molar-refractivity contribution in [3.05, 3.63) is 120 Å². The first-order chi connectivity index (χ1) is 19.6. The minimum absolute atomic E-state index is 0.202. The molecule has 0 bridgehead atoms. The molecule has 8 rings (SSSR count). The molecule has 0 fully saturated rings. The van der Waals surface area contributed by atoms with Crippen molar-refractivity contribution in [2.24, 2.45) is 0 Å². The molecule has 0 atom stereocenters. The topological polar surface area (TPSA) is 64.7 Å². The van der Waals surface area contributed by atoms with E-state index in [0.29, 0.717) is 23.2 Å². The SMILES string of the molecule is CC1(C)c2cc3c(cc2-c2c(-c4nc(-c5ccccc5)nc(-c5ccccn5)n4)cccc21)oc1ccccc13. The van der Waals surface area contributed by atoms with Crippen molar-refractivity contribution in [2.75, 3.05) is 0 Å². The fourth-order valence-electron chi connectivity index (χ4n) is 6.01. The number of nitrogens with zero attached hydrogens (tertiary/aromatic N) is 4. The van der Waals surface area contributed by atoms with Crippen LogP contribution >= 0.6 is 0 Å². The predicted octanol–water partition coefficient (Wildman–Crippen LogP) is 8.47.